The van der Waals surface area contributed by atoms with Crippen molar-refractivity contribution in [3.05, 3.63) is 53.6 Å². The Labute approximate surface area is 274 Å². The summed E-state index contributed by atoms with van der Waals surface area (Å²) in [4.78, 5) is 51.6. The molecule has 0 radical (unpaired) electrons. The lowest BCUT2D eigenvalue weighted by Gasteiger charge is -2.31. The number of ether oxygens (including phenoxy) is 2. The van der Waals surface area contributed by atoms with Crippen LogP contribution >= 0.6 is 0 Å². The summed E-state index contributed by atoms with van der Waals surface area (Å²) < 4.78 is 10.2. The van der Waals surface area contributed by atoms with Crippen LogP contribution < -0.4 is 15.5 Å². The third-order valence-corrected chi connectivity index (χ3v) is 7.43. The van der Waals surface area contributed by atoms with Crippen LogP contribution in [0.3, 0.4) is 0 Å². The number of Topliss-reactive ketones (excluding diaryl/α,β-unsaturated/α-hetero) is 1. The lowest BCUT2D eigenvalue weighted by atomic mass is 9.92. The van der Waals surface area contributed by atoms with E-state index < -0.39 is 24.8 Å². The Kier molecular flexibility index (Phi) is 16.3. The first-order chi connectivity index (χ1) is 21.8. The van der Waals surface area contributed by atoms with Crippen molar-refractivity contribution in [3.63, 3.8) is 0 Å². The molecule has 10 nitrogen and oxygen atoms in total. The van der Waals surface area contributed by atoms with Crippen LogP contribution in [-0.4, -0.2) is 54.8 Å². The molecule has 2 rings (SSSR count). The maximum Gasteiger partial charge on any atom is 0.323 e. The average Bonchev–Trinajstić information content (AvgIpc) is 2.98. The van der Waals surface area contributed by atoms with Crippen LogP contribution in [0.25, 0.3) is 0 Å². The molecule has 2 aromatic carbocycles. The molecule has 0 saturated carbocycles. The molecule has 0 heterocycles. The monoisotopic (exact) mass is 639 g/mol. The average molecular weight is 640 g/mol. The predicted molar refractivity (Wildman–Crippen MR) is 182 cm³/mol. The molecule has 2 aromatic rings. The maximum atomic E-state index is 13.1. The highest BCUT2D eigenvalue weighted by Crippen LogP contribution is 2.34. The van der Waals surface area contributed by atoms with Gasteiger partial charge in [-0.15, -0.1) is 0 Å². The van der Waals surface area contributed by atoms with Crippen LogP contribution in [0, 0.1) is 18.8 Å². The summed E-state index contributed by atoms with van der Waals surface area (Å²) in [6.07, 6.45) is 0.902. The molecule has 2 atom stereocenters. The van der Waals surface area contributed by atoms with Gasteiger partial charge in [0.25, 0.3) is 0 Å². The molecular formula is C36H53N3O7. The number of anilines is 3. The summed E-state index contributed by atoms with van der Waals surface area (Å²) >= 11 is 0. The second kappa shape index (κ2) is 19.6. The molecule has 46 heavy (non-hydrogen) atoms. The van der Waals surface area contributed by atoms with Gasteiger partial charge in [-0.3, -0.25) is 14.4 Å². The highest BCUT2D eigenvalue weighted by atomic mass is 16.7. The van der Waals surface area contributed by atoms with Crippen molar-refractivity contribution < 1.29 is 33.8 Å². The van der Waals surface area contributed by atoms with Gasteiger partial charge in [0.1, 0.15) is 6.10 Å². The number of nitrogens with one attached hydrogen (secondary N) is 2. The molecule has 0 aliphatic heterocycles. The van der Waals surface area contributed by atoms with Gasteiger partial charge in [-0.1, -0.05) is 58.4 Å². The zero-order chi connectivity index (χ0) is 34.2. The summed E-state index contributed by atoms with van der Waals surface area (Å²) in [6, 6.07) is 13.2. The van der Waals surface area contributed by atoms with Crippen LogP contribution in [0.1, 0.15) is 97.1 Å². The standard InChI is InChI=1S/C36H53N3O7/c1-8-28(20-35(43)46-23-45-34(42)12-10-9-11-33(41)27(7)40)29-15-18-32(39(21-24(2)3)22-25(4)5)31(19-29)38-36(44)37-30-16-13-26(6)14-17-30/h13-19,24-25,27-28,40H,8-12,20-23H2,1-7H3,(H2,37,38,44)/t27-,28-/m0/s1. The number of amides is 2. The van der Waals surface area contributed by atoms with Crippen molar-refractivity contribution in [3.8, 4) is 0 Å². The number of unbranched alkanes of at least 4 members (excludes halogenated alkanes) is 1. The Morgan fingerprint density at radius 3 is 2.02 bits per heavy atom. The number of esters is 2. The van der Waals surface area contributed by atoms with Crippen LogP contribution in [0.15, 0.2) is 42.5 Å². The molecule has 0 aliphatic carbocycles. The van der Waals surface area contributed by atoms with E-state index in [1.54, 1.807) is 0 Å². The quantitative estimate of drug-likeness (QED) is 0.0835. The maximum absolute atomic E-state index is 13.1. The second-order valence-electron chi connectivity index (χ2n) is 12.7. The lowest BCUT2D eigenvalue weighted by Crippen LogP contribution is -2.32. The van der Waals surface area contributed by atoms with Crippen molar-refractivity contribution in [2.24, 2.45) is 11.8 Å². The molecule has 2 amide bonds. The van der Waals surface area contributed by atoms with Crippen LogP contribution in [0.4, 0.5) is 21.9 Å². The smallest absolute Gasteiger partial charge is 0.323 e. The van der Waals surface area contributed by atoms with E-state index in [4.69, 9.17) is 9.47 Å². The Hall–Kier alpha value is -3.92. The van der Waals surface area contributed by atoms with Crippen molar-refractivity contribution in [1.29, 1.82) is 0 Å². The van der Waals surface area contributed by atoms with Gasteiger partial charge in [-0.05, 0) is 80.7 Å². The normalized spacial score (nSPS) is 12.4. The van der Waals surface area contributed by atoms with E-state index in [1.807, 2.05) is 56.3 Å². The molecule has 3 N–H and O–H groups in total. The number of aliphatic hydroxyl groups excluding tert-OH is 1. The number of hydrogen-bond donors (Lipinski definition) is 3. The van der Waals surface area contributed by atoms with Crippen LogP contribution in [-0.2, 0) is 23.9 Å². The van der Waals surface area contributed by atoms with E-state index in [1.165, 1.54) is 6.92 Å². The van der Waals surface area contributed by atoms with Gasteiger partial charge in [0.15, 0.2) is 5.78 Å². The summed E-state index contributed by atoms with van der Waals surface area (Å²) in [5.74, 6) is -0.670. The van der Waals surface area contributed by atoms with Gasteiger partial charge in [0.05, 0.1) is 17.8 Å². The fourth-order valence-corrected chi connectivity index (χ4v) is 5.03. The van der Waals surface area contributed by atoms with Crippen molar-refractivity contribution in [2.45, 2.75) is 99.0 Å². The predicted octanol–water partition coefficient (Wildman–Crippen LogP) is 7.20. The van der Waals surface area contributed by atoms with Crippen molar-refractivity contribution in [2.75, 3.05) is 35.4 Å². The van der Waals surface area contributed by atoms with E-state index in [0.29, 0.717) is 42.5 Å². The summed E-state index contributed by atoms with van der Waals surface area (Å²) in [6.45, 7) is 15.2. The number of ketones is 1. The molecule has 0 saturated heterocycles. The number of nitrogens with zero attached hydrogens (tertiary/aromatic N) is 1. The minimum Gasteiger partial charge on any atom is -0.428 e. The summed E-state index contributed by atoms with van der Waals surface area (Å²) in [7, 11) is 0. The van der Waals surface area contributed by atoms with E-state index in [2.05, 4.69) is 43.2 Å². The highest BCUT2D eigenvalue weighted by Gasteiger charge is 2.21. The first-order valence-corrected chi connectivity index (χ1v) is 16.3. The van der Waals surface area contributed by atoms with Gasteiger partial charge in [-0.25, -0.2) is 4.79 Å². The minimum atomic E-state index is -1.01. The molecule has 0 aliphatic rings. The topological polar surface area (TPSA) is 134 Å². The first kappa shape index (κ1) is 38.3. The highest BCUT2D eigenvalue weighted by molar-refractivity contribution is 6.02. The molecular weight excluding hydrogens is 586 g/mol. The van der Waals surface area contributed by atoms with E-state index in [-0.39, 0.29) is 37.0 Å². The van der Waals surface area contributed by atoms with Gasteiger partial charge in [0.2, 0.25) is 6.79 Å². The van der Waals surface area contributed by atoms with Crippen molar-refractivity contribution in [1.82, 2.24) is 0 Å². The molecule has 254 valence electrons. The van der Waals surface area contributed by atoms with Crippen LogP contribution in [0.5, 0.6) is 0 Å². The van der Waals surface area contributed by atoms with Crippen molar-refractivity contribution >= 4 is 40.8 Å². The zero-order valence-corrected chi connectivity index (χ0v) is 28.6. The second-order valence-corrected chi connectivity index (χ2v) is 12.7. The van der Waals surface area contributed by atoms with Crippen LogP contribution in [0.2, 0.25) is 0 Å². The summed E-state index contributed by atoms with van der Waals surface area (Å²) in [5.41, 5.74) is 4.22. The fourth-order valence-electron chi connectivity index (χ4n) is 5.03. The number of benzene rings is 2. The molecule has 10 heteroatoms. The van der Waals surface area contributed by atoms with Gasteiger partial charge >= 0.3 is 18.0 Å². The Morgan fingerprint density at radius 2 is 1.43 bits per heavy atom. The van der Waals surface area contributed by atoms with Gasteiger partial charge in [-0.2, -0.15) is 0 Å². The molecule has 0 fully saturated rings. The fraction of sp³-hybridized carbons (Fsp3) is 0.556. The first-order valence-electron chi connectivity index (χ1n) is 16.3. The van der Waals surface area contributed by atoms with E-state index in [9.17, 15) is 24.3 Å². The Bertz CT molecular complexity index is 1260. The lowest BCUT2D eigenvalue weighted by molar-refractivity contribution is -0.167. The molecule has 0 unspecified atom stereocenters. The Balaban J connectivity index is 2.11. The van der Waals surface area contributed by atoms with Gasteiger partial charge in [0, 0.05) is 31.6 Å². The Morgan fingerprint density at radius 1 is 0.826 bits per heavy atom. The van der Waals surface area contributed by atoms with E-state index in [0.717, 1.165) is 29.9 Å². The molecule has 0 spiro atoms. The molecule has 0 aromatic heterocycles. The zero-order valence-electron chi connectivity index (χ0n) is 28.6. The number of urea groups is 1. The number of rotatable bonds is 19. The van der Waals surface area contributed by atoms with Gasteiger partial charge < -0.3 is 30.1 Å². The number of hydrogen-bond acceptors (Lipinski definition) is 8. The SMILES string of the molecule is CC[C@@H](CC(=O)OCOC(=O)CCCCC(=O)[C@H](C)O)c1ccc(N(CC(C)C)CC(C)C)c(NC(=O)Nc2ccc(C)cc2)c1. The number of carbonyl (C=O) groups is 4. The minimum absolute atomic E-state index is 0.0750. The largest absolute Gasteiger partial charge is 0.428 e. The number of aryl methyl sites for hydroxylation is 1. The third kappa shape index (κ3) is 14.0. The van der Waals surface area contributed by atoms with E-state index >= 15 is 0 Å². The molecule has 0 bridgehead atoms. The summed E-state index contributed by atoms with van der Waals surface area (Å²) in [5, 5.41) is 15.2. The third-order valence-electron chi connectivity index (χ3n) is 7.43. The number of aliphatic hydroxyl groups is 1. The number of carbonyl (C=O) groups excluding carboxylic acids is 4.